The van der Waals surface area contributed by atoms with Crippen molar-refractivity contribution in [2.24, 2.45) is 0 Å². The highest BCUT2D eigenvalue weighted by molar-refractivity contribution is 7.91. The second-order valence-corrected chi connectivity index (χ2v) is 7.12. The van der Waals surface area contributed by atoms with E-state index >= 15 is 0 Å². The molecule has 21 heavy (non-hydrogen) atoms. The molecule has 0 spiro atoms. The smallest absolute Gasteiger partial charge is 0.238 e. The molecular weight excluding hydrogens is 359 g/mol. The van der Waals surface area contributed by atoms with Crippen LogP contribution in [0.3, 0.4) is 0 Å². The minimum Gasteiger partial charge on any atom is -0.504 e. The van der Waals surface area contributed by atoms with Crippen LogP contribution in [0.5, 0.6) is 5.75 Å². The summed E-state index contributed by atoms with van der Waals surface area (Å²) in [7, 11) is -3.82. The topological polar surface area (TPSA) is 79.3 Å². The number of sulfonamides is 1. The van der Waals surface area contributed by atoms with E-state index in [4.69, 9.17) is 34.8 Å². The van der Waals surface area contributed by atoms with Crippen LogP contribution in [0.2, 0.25) is 15.1 Å². The van der Waals surface area contributed by atoms with Crippen LogP contribution in [0.25, 0.3) is 0 Å². The van der Waals surface area contributed by atoms with Gasteiger partial charge in [-0.3, -0.25) is 4.72 Å². The van der Waals surface area contributed by atoms with E-state index in [-0.39, 0.29) is 21.6 Å². The maximum atomic E-state index is 12.1. The average Bonchev–Trinajstić information content (AvgIpc) is 2.37. The highest BCUT2D eigenvalue weighted by Crippen LogP contribution is 2.27. The molecule has 1 aromatic carbocycles. The Morgan fingerprint density at radius 1 is 1.14 bits per heavy atom. The molecule has 0 aliphatic rings. The van der Waals surface area contributed by atoms with E-state index in [9.17, 15) is 13.5 Å². The van der Waals surface area contributed by atoms with Crippen molar-refractivity contribution in [1.82, 2.24) is 4.98 Å². The predicted octanol–water partition coefficient (Wildman–Crippen LogP) is 3.69. The van der Waals surface area contributed by atoms with Crippen molar-refractivity contribution in [3.63, 3.8) is 0 Å². The number of hydrogen-bond donors (Lipinski definition) is 2. The highest BCUT2D eigenvalue weighted by atomic mass is 35.5. The van der Waals surface area contributed by atoms with Crippen molar-refractivity contribution in [1.29, 1.82) is 0 Å². The van der Waals surface area contributed by atoms with Crippen LogP contribution < -0.4 is 4.72 Å². The van der Waals surface area contributed by atoms with Gasteiger partial charge in [0.15, 0.2) is 11.6 Å². The molecule has 0 fully saturated rings. The number of rotatable bonds is 4. The van der Waals surface area contributed by atoms with E-state index in [0.717, 1.165) is 0 Å². The summed E-state index contributed by atoms with van der Waals surface area (Å²) < 4.78 is 26.3. The summed E-state index contributed by atoms with van der Waals surface area (Å²) in [5.41, 5.74) is 0.338. The molecule has 9 heteroatoms. The number of nitrogens with zero attached hydrogens (tertiary/aromatic N) is 1. The quantitative estimate of drug-likeness (QED) is 0.864. The Hall–Kier alpha value is -1.21. The molecule has 0 radical (unpaired) electrons. The van der Waals surface area contributed by atoms with Crippen LogP contribution in [-0.4, -0.2) is 18.5 Å². The first-order valence-electron chi connectivity index (χ1n) is 5.56. The fourth-order valence-electron chi connectivity index (χ4n) is 1.55. The van der Waals surface area contributed by atoms with Crippen molar-refractivity contribution in [2.75, 3.05) is 4.72 Å². The van der Waals surface area contributed by atoms with E-state index < -0.39 is 15.8 Å². The van der Waals surface area contributed by atoms with Crippen LogP contribution >= 0.6 is 34.8 Å². The SMILES string of the molecule is O=S(=O)(Cc1cc(Cl)ccc1Cl)Nc1ncc(Cl)cc1O. The minimum atomic E-state index is -3.82. The maximum Gasteiger partial charge on any atom is 0.238 e. The van der Waals surface area contributed by atoms with Gasteiger partial charge in [0.2, 0.25) is 10.0 Å². The van der Waals surface area contributed by atoms with Gasteiger partial charge in [-0.15, -0.1) is 0 Å². The lowest BCUT2D eigenvalue weighted by Gasteiger charge is -2.10. The van der Waals surface area contributed by atoms with Crippen LogP contribution in [-0.2, 0) is 15.8 Å². The monoisotopic (exact) mass is 366 g/mol. The Morgan fingerprint density at radius 3 is 2.52 bits per heavy atom. The Morgan fingerprint density at radius 2 is 1.86 bits per heavy atom. The Kier molecular flexibility index (Phi) is 4.83. The Labute approximate surface area is 136 Å². The Balaban J connectivity index is 2.24. The lowest BCUT2D eigenvalue weighted by Crippen LogP contribution is -2.16. The van der Waals surface area contributed by atoms with Crippen LogP contribution in [0, 0.1) is 0 Å². The number of hydrogen-bond acceptors (Lipinski definition) is 4. The molecule has 0 amide bonds. The first-order valence-corrected chi connectivity index (χ1v) is 8.34. The van der Waals surface area contributed by atoms with Gasteiger partial charge in [0.1, 0.15) is 0 Å². The molecule has 1 heterocycles. The zero-order chi connectivity index (χ0) is 15.6. The molecule has 0 aliphatic heterocycles. The second kappa shape index (κ2) is 6.27. The van der Waals surface area contributed by atoms with Crippen molar-refractivity contribution >= 4 is 50.6 Å². The molecule has 0 saturated heterocycles. The molecule has 0 saturated carbocycles. The minimum absolute atomic E-state index is 0.188. The maximum absolute atomic E-state index is 12.1. The number of aromatic hydroxyl groups is 1. The molecule has 112 valence electrons. The van der Waals surface area contributed by atoms with Gasteiger partial charge in [-0.1, -0.05) is 34.8 Å². The van der Waals surface area contributed by atoms with E-state index in [1.807, 2.05) is 0 Å². The first kappa shape index (κ1) is 16.2. The average molecular weight is 368 g/mol. The standard InChI is InChI=1S/C12H9Cl3N2O3S/c13-8-1-2-10(15)7(3-8)6-21(19,20)17-12-11(18)4-9(14)5-16-12/h1-5,18H,6H2,(H,16,17). The summed E-state index contributed by atoms with van der Waals surface area (Å²) in [5.74, 6) is -0.989. The summed E-state index contributed by atoms with van der Waals surface area (Å²) >= 11 is 17.4. The van der Waals surface area contributed by atoms with Crippen molar-refractivity contribution < 1.29 is 13.5 Å². The molecule has 0 bridgehead atoms. The number of anilines is 1. The summed E-state index contributed by atoms with van der Waals surface area (Å²) in [6.07, 6.45) is 1.21. The van der Waals surface area contributed by atoms with E-state index in [1.165, 1.54) is 24.4 Å². The largest absolute Gasteiger partial charge is 0.504 e. The molecule has 2 aromatic rings. The number of pyridine rings is 1. The molecule has 0 unspecified atom stereocenters. The molecule has 1 aromatic heterocycles. The third-order valence-electron chi connectivity index (χ3n) is 2.44. The van der Waals surface area contributed by atoms with Gasteiger partial charge in [0, 0.05) is 22.3 Å². The molecule has 0 aliphatic carbocycles. The fraction of sp³-hybridized carbons (Fsp3) is 0.0833. The molecular formula is C12H9Cl3N2O3S. The Bertz CT molecular complexity index is 781. The van der Waals surface area contributed by atoms with Gasteiger partial charge < -0.3 is 5.11 Å². The molecule has 2 N–H and O–H groups in total. The third kappa shape index (κ3) is 4.38. The van der Waals surface area contributed by atoms with E-state index in [2.05, 4.69) is 9.71 Å². The van der Waals surface area contributed by atoms with Gasteiger partial charge in [-0.05, 0) is 23.8 Å². The fourth-order valence-corrected chi connectivity index (χ4v) is 3.33. The second-order valence-electron chi connectivity index (χ2n) is 4.12. The normalized spacial score (nSPS) is 11.4. The van der Waals surface area contributed by atoms with Gasteiger partial charge >= 0.3 is 0 Å². The van der Waals surface area contributed by atoms with Crippen LogP contribution in [0.15, 0.2) is 30.5 Å². The first-order chi connectivity index (χ1) is 9.77. The van der Waals surface area contributed by atoms with Gasteiger partial charge in [-0.25, -0.2) is 13.4 Å². The third-order valence-corrected chi connectivity index (χ3v) is 4.45. The van der Waals surface area contributed by atoms with Crippen LogP contribution in [0.4, 0.5) is 5.82 Å². The van der Waals surface area contributed by atoms with Gasteiger partial charge in [-0.2, -0.15) is 0 Å². The number of halogens is 3. The van der Waals surface area contributed by atoms with Crippen LogP contribution in [0.1, 0.15) is 5.56 Å². The van der Waals surface area contributed by atoms with Crippen molar-refractivity contribution in [3.8, 4) is 5.75 Å². The van der Waals surface area contributed by atoms with Crippen molar-refractivity contribution in [2.45, 2.75) is 5.75 Å². The zero-order valence-electron chi connectivity index (χ0n) is 10.3. The summed E-state index contributed by atoms with van der Waals surface area (Å²) in [6, 6.07) is 5.70. The highest BCUT2D eigenvalue weighted by Gasteiger charge is 2.17. The van der Waals surface area contributed by atoms with E-state index in [0.29, 0.717) is 10.6 Å². The molecule has 2 rings (SSSR count). The summed E-state index contributed by atoms with van der Waals surface area (Å²) in [6.45, 7) is 0. The van der Waals surface area contributed by atoms with Gasteiger partial charge in [0.25, 0.3) is 0 Å². The van der Waals surface area contributed by atoms with E-state index in [1.54, 1.807) is 6.07 Å². The summed E-state index contributed by atoms with van der Waals surface area (Å²) in [5, 5.41) is 10.4. The zero-order valence-corrected chi connectivity index (χ0v) is 13.4. The number of benzene rings is 1. The lowest BCUT2D eigenvalue weighted by atomic mass is 10.2. The summed E-state index contributed by atoms with van der Waals surface area (Å²) in [4.78, 5) is 3.71. The number of aromatic nitrogens is 1. The molecule has 0 atom stereocenters. The predicted molar refractivity (Wildman–Crippen MR) is 83.6 cm³/mol. The lowest BCUT2D eigenvalue weighted by molar-refractivity contribution is 0.475. The van der Waals surface area contributed by atoms with Crippen molar-refractivity contribution in [3.05, 3.63) is 51.1 Å². The molecule has 5 nitrogen and oxygen atoms in total. The van der Waals surface area contributed by atoms with Gasteiger partial charge in [0.05, 0.1) is 10.8 Å². The number of nitrogens with one attached hydrogen (secondary N) is 1.